The van der Waals surface area contributed by atoms with Gasteiger partial charge in [0.05, 0.1) is 18.5 Å². The molecule has 0 radical (unpaired) electrons. The Morgan fingerprint density at radius 3 is 2.50 bits per heavy atom. The number of methoxy groups -OCH3 is 1. The Kier molecular flexibility index (Phi) is 8.16. The fourth-order valence-electron chi connectivity index (χ4n) is 3.18. The number of rotatable bonds is 9. The SMILES string of the molecule is COc1ccc(CN(CC2CCCO2)C(=O)CC(C)(C)C)cc1OS(=O)(=O)C(C)C. The molecule has 1 amide bonds. The molecule has 0 aliphatic carbocycles. The van der Waals surface area contributed by atoms with Gasteiger partial charge >= 0.3 is 10.1 Å². The lowest BCUT2D eigenvalue weighted by Gasteiger charge is -2.29. The monoisotopic (exact) mass is 441 g/mol. The molecule has 1 atom stereocenters. The van der Waals surface area contributed by atoms with E-state index in [9.17, 15) is 13.2 Å². The highest BCUT2D eigenvalue weighted by atomic mass is 32.2. The minimum Gasteiger partial charge on any atom is -0.493 e. The number of nitrogens with zero attached hydrogens (tertiary/aromatic N) is 1. The zero-order chi connectivity index (χ0) is 22.5. The first-order valence-corrected chi connectivity index (χ1v) is 11.9. The van der Waals surface area contributed by atoms with Crippen LogP contribution in [0.4, 0.5) is 0 Å². The Bertz CT molecular complexity index is 823. The van der Waals surface area contributed by atoms with Crippen LogP contribution < -0.4 is 8.92 Å². The molecule has 1 fully saturated rings. The van der Waals surface area contributed by atoms with Gasteiger partial charge in [-0.1, -0.05) is 26.8 Å². The summed E-state index contributed by atoms with van der Waals surface area (Å²) < 4.78 is 40.8. The Balaban J connectivity index is 2.26. The van der Waals surface area contributed by atoms with Crippen molar-refractivity contribution in [1.29, 1.82) is 0 Å². The van der Waals surface area contributed by atoms with Gasteiger partial charge in [0.25, 0.3) is 0 Å². The van der Waals surface area contributed by atoms with Crippen LogP contribution in [0, 0.1) is 5.41 Å². The van der Waals surface area contributed by atoms with Crippen LogP contribution in [0.5, 0.6) is 11.5 Å². The van der Waals surface area contributed by atoms with Gasteiger partial charge in [0.1, 0.15) is 0 Å². The van der Waals surface area contributed by atoms with Gasteiger partial charge in [-0.05, 0) is 49.8 Å². The van der Waals surface area contributed by atoms with Crippen molar-refractivity contribution in [2.24, 2.45) is 5.41 Å². The first-order valence-electron chi connectivity index (χ1n) is 10.4. The Hall–Kier alpha value is -1.80. The number of hydrogen-bond donors (Lipinski definition) is 0. The molecule has 0 bridgehead atoms. The summed E-state index contributed by atoms with van der Waals surface area (Å²) in [5.41, 5.74) is 0.635. The van der Waals surface area contributed by atoms with Gasteiger partial charge in [-0.3, -0.25) is 4.79 Å². The molecule has 1 aromatic carbocycles. The Morgan fingerprint density at radius 1 is 1.27 bits per heavy atom. The summed E-state index contributed by atoms with van der Waals surface area (Å²) in [6.07, 6.45) is 2.38. The van der Waals surface area contributed by atoms with E-state index >= 15 is 0 Å². The molecule has 0 aromatic heterocycles. The lowest BCUT2D eigenvalue weighted by atomic mass is 9.91. The molecule has 1 saturated heterocycles. The maximum absolute atomic E-state index is 13.0. The molecule has 1 heterocycles. The molecule has 170 valence electrons. The summed E-state index contributed by atoms with van der Waals surface area (Å²) in [4.78, 5) is 14.8. The van der Waals surface area contributed by atoms with Crippen molar-refractivity contribution in [2.45, 2.75) is 71.8 Å². The van der Waals surface area contributed by atoms with Crippen LogP contribution in [0.15, 0.2) is 18.2 Å². The first kappa shape index (κ1) is 24.5. The summed E-state index contributed by atoms with van der Waals surface area (Å²) in [6, 6.07) is 5.12. The van der Waals surface area contributed by atoms with E-state index in [0.717, 1.165) is 25.0 Å². The second kappa shape index (κ2) is 10.0. The van der Waals surface area contributed by atoms with Crippen molar-refractivity contribution in [2.75, 3.05) is 20.3 Å². The van der Waals surface area contributed by atoms with Crippen molar-refractivity contribution in [3.05, 3.63) is 23.8 Å². The lowest BCUT2D eigenvalue weighted by Crippen LogP contribution is -2.38. The second-order valence-electron chi connectivity index (χ2n) is 9.26. The summed E-state index contributed by atoms with van der Waals surface area (Å²) in [5.74, 6) is 0.504. The number of amides is 1. The van der Waals surface area contributed by atoms with Gasteiger partial charge < -0.3 is 18.6 Å². The smallest absolute Gasteiger partial charge is 0.311 e. The number of benzene rings is 1. The van der Waals surface area contributed by atoms with Crippen molar-refractivity contribution >= 4 is 16.0 Å². The Labute approximate surface area is 180 Å². The van der Waals surface area contributed by atoms with Crippen molar-refractivity contribution in [3.8, 4) is 11.5 Å². The van der Waals surface area contributed by atoms with E-state index in [0.29, 0.717) is 25.3 Å². The molecule has 0 N–H and O–H groups in total. The molecule has 7 nitrogen and oxygen atoms in total. The third-order valence-electron chi connectivity index (χ3n) is 4.87. The maximum atomic E-state index is 13.0. The average Bonchev–Trinajstić information content (AvgIpc) is 3.12. The van der Waals surface area contributed by atoms with Crippen LogP contribution in [0.25, 0.3) is 0 Å². The molecule has 30 heavy (non-hydrogen) atoms. The van der Waals surface area contributed by atoms with Gasteiger partial charge in [-0.2, -0.15) is 8.42 Å². The minimum absolute atomic E-state index is 0.0317. The van der Waals surface area contributed by atoms with Crippen LogP contribution in [0.3, 0.4) is 0 Å². The van der Waals surface area contributed by atoms with Gasteiger partial charge in [0, 0.05) is 26.1 Å². The van der Waals surface area contributed by atoms with Crippen molar-refractivity contribution < 1.29 is 26.9 Å². The summed E-state index contributed by atoms with van der Waals surface area (Å²) in [6.45, 7) is 10.8. The molecule has 0 spiro atoms. The highest BCUT2D eigenvalue weighted by Crippen LogP contribution is 2.31. The van der Waals surface area contributed by atoms with E-state index in [1.54, 1.807) is 30.9 Å². The van der Waals surface area contributed by atoms with Crippen LogP contribution in [0.1, 0.15) is 59.4 Å². The summed E-state index contributed by atoms with van der Waals surface area (Å²) >= 11 is 0. The summed E-state index contributed by atoms with van der Waals surface area (Å²) in [7, 11) is -2.31. The Morgan fingerprint density at radius 2 is 1.97 bits per heavy atom. The highest BCUT2D eigenvalue weighted by Gasteiger charge is 2.27. The van der Waals surface area contributed by atoms with Gasteiger partial charge in [-0.25, -0.2) is 0 Å². The van der Waals surface area contributed by atoms with Crippen LogP contribution in [0.2, 0.25) is 0 Å². The maximum Gasteiger partial charge on any atom is 0.311 e. The molecule has 1 aliphatic heterocycles. The molecule has 8 heteroatoms. The van der Waals surface area contributed by atoms with E-state index in [1.165, 1.54) is 7.11 Å². The zero-order valence-electron chi connectivity index (χ0n) is 18.9. The quantitative estimate of drug-likeness (QED) is 0.543. The fourth-order valence-corrected chi connectivity index (χ4v) is 3.75. The van der Waals surface area contributed by atoms with Gasteiger partial charge in [0.15, 0.2) is 11.5 Å². The molecular weight excluding hydrogens is 406 g/mol. The normalized spacial score (nSPS) is 17.2. The molecule has 0 saturated carbocycles. The molecular formula is C22H35NO6S. The number of carbonyl (C=O) groups is 1. The molecule has 1 unspecified atom stereocenters. The summed E-state index contributed by atoms with van der Waals surface area (Å²) in [5, 5.41) is -0.685. The van der Waals surface area contributed by atoms with Crippen LogP contribution >= 0.6 is 0 Å². The largest absolute Gasteiger partial charge is 0.493 e. The van der Waals surface area contributed by atoms with Gasteiger partial charge in [-0.15, -0.1) is 0 Å². The predicted octanol–water partition coefficient (Wildman–Crippen LogP) is 3.76. The van der Waals surface area contributed by atoms with Crippen molar-refractivity contribution in [1.82, 2.24) is 4.90 Å². The molecule has 1 aliphatic rings. The molecule has 1 aromatic rings. The number of ether oxygens (including phenoxy) is 2. The third kappa shape index (κ3) is 7.16. The molecule has 2 rings (SSSR count). The van der Waals surface area contributed by atoms with E-state index in [2.05, 4.69) is 0 Å². The average molecular weight is 442 g/mol. The zero-order valence-corrected chi connectivity index (χ0v) is 19.8. The standard InChI is InChI=1S/C22H35NO6S/c1-16(2)30(25,26)29-20-12-17(9-10-19(20)27-6)14-23(15-18-8-7-11-28-18)21(24)13-22(3,4)5/h9-10,12,16,18H,7-8,11,13-15H2,1-6H3. The van der Waals surface area contributed by atoms with E-state index < -0.39 is 15.4 Å². The van der Waals surface area contributed by atoms with E-state index in [4.69, 9.17) is 13.7 Å². The predicted molar refractivity (Wildman–Crippen MR) is 116 cm³/mol. The number of hydrogen-bond acceptors (Lipinski definition) is 6. The van der Waals surface area contributed by atoms with Crippen LogP contribution in [-0.4, -0.2) is 50.8 Å². The van der Waals surface area contributed by atoms with Gasteiger partial charge in [0.2, 0.25) is 5.91 Å². The first-order chi connectivity index (χ1) is 13.9. The highest BCUT2D eigenvalue weighted by molar-refractivity contribution is 7.87. The third-order valence-corrected chi connectivity index (χ3v) is 6.43. The fraction of sp³-hybridized carbons (Fsp3) is 0.682. The van der Waals surface area contributed by atoms with Crippen molar-refractivity contribution in [3.63, 3.8) is 0 Å². The number of carbonyl (C=O) groups excluding carboxylic acids is 1. The topological polar surface area (TPSA) is 82.1 Å². The van der Waals surface area contributed by atoms with E-state index in [-0.39, 0.29) is 23.2 Å². The van der Waals surface area contributed by atoms with E-state index in [1.807, 2.05) is 26.8 Å². The van der Waals surface area contributed by atoms with Crippen LogP contribution in [-0.2, 0) is 26.2 Å². The lowest BCUT2D eigenvalue weighted by molar-refractivity contribution is -0.135. The minimum atomic E-state index is -3.77. The second-order valence-corrected chi connectivity index (χ2v) is 11.4.